The molecule has 2 aliphatic heterocycles. The van der Waals surface area contributed by atoms with Gasteiger partial charge in [-0.15, -0.1) is 0 Å². The number of para-hydroxylation sites is 1. The van der Waals surface area contributed by atoms with E-state index in [1.807, 2.05) is 42.5 Å². The Morgan fingerprint density at radius 3 is 2.43 bits per heavy atom. The number of rotatable bonds is 8. The average Bonchev–Trinajstić information content (AvgIpc) is 3.38. The van der Waals surface area contributed by atoms with Gasteiger partial charge in [0.15, 0.2) is 11.5 Å². The number of piperazine rings is 1. The molecule has 1 amide bonds. The van der Waals surface area contributed by atoms with E-state index >= 15 is 0 Å². The predicted molar refractivity (Wildman–Crippen MR) is 135 cm³/mol. The largest absolute Gasteiger partial charge is 0.497 e. The number of nitrogens with one attached hydrogen (secondary N) is 1. The van der Waals surface area contributed by atoms with E-state index in [1.165, 1.54) is 5.69 Å². The zero-order valence-corrected chi connectivity index (χ0v) is 20.0. The van der Waals surface area contributed by atoms with Crippen LogP contribution in [0.2, 0.25) is 0 Å². The van der Waals surface area contributed by atoms with Crippen molar-refractivity contribution in [1.82, 2.24) is 10.2 Å². The highest BCUT2D eigenvalue weighted by Crippen LogP contribution is 2.35. The van der Waals surface area contributed by atoms with Gasteiger partial charge in [-0.3, -0.25) is 9.69 Å². The number of fused-ring (bicyclic) bond motifs is 1. The Morgan fingerprint density at radius 1 is 0.943 bits per heavy atom. The number of anilines is 1. The molecule has 182 valence electrons. The van der Waals surface area contributed by atoms with Gasteiger partial charge in [-0.2, -0.15) is 0 Å². The van der Waals surface area contributed by atoms with Gasteiger partial charge < -0.3 is 24.4 Å². The minimum Gasteiger partial charge on any atom is -0.497 e. The van der Waals surface area contributed by atoms with Gasteiger partial charge in [0.05, 0.1) is 19.6 Å². The van der Waals surface area contributed by atoms with Crippen molar-refractivity contribution in [1.29, 1.82) is 0 Å². The fraction of sp³-hybridized carbons (Fsp3) is 0.321. The molecule has 0 radical (unpaired) electrons. The lowest BCUT2D eigenvalue weighted by Crippen LogP contribution is -2.50. The standard InChI is InChI=1S/C28H31N3O4/c1-33-24-10-7-21(8-11-24)17-28(32)29-19-25(22-9-12-26-27(18-22)35-20-34-26)31-15-13-30(14-16-31)23-5-3-2-4-6-23/h2-12,18,25H,13-17,19-20H2,1H3,(H,29,32)/t25-/m0/s1. The molecule has 1 atom stereocenters. The lowest BCUT2D eigenvalue weighted by Gasteiger charge is -2.40. The Labute approximate surface area is 206 Å². The Balaban J connectivity index is 1.26. The van der Waals surface area contributed by atoms with E-state index in [9.17, 15) is 4.79 Å². The van der Waals surface area contributed by atoms with Gasteiger partial charge in [-0.1, -0.05) is 36.4 Å². The molecule has 3 aromatic rings. The van der Waals surface area contributed by atoms with Crippen LogP contribution in [0, 0.1) is 0 Å². The highest BCUT2D eigenvalue weighted by molar-refractivity contribution is 5.78. The zero-order valence-electron chi connectivity index (χ0n) is 20.0. The average molecular weight is 474 g/mol. The Hall–Kier alpha value is -3.71. The smallest absolute Gasteiger partial charge is 0.231 e. The number of ether oxygens (including phenoxy) is 3. The van der Waals surface area contributed by atoms with E-state index in [-0.39, 0.29) is 18.7 Å². The summed E-state index contributed by atoms with van der Waals surface area (Å²) in [6.07, 6.45) is 0.333. The number of hydrogen-bond donors (Lipinski definition) is 1. The van der Waals surface area contributed by atoms with Crippen molar-refractivity contribution >= 4 is 11.6 Å². The van der Waals surface area contributed by atoms with Crippen LogP contribution in [0.3, 0.4) is 0 Å². The molecule has 1 N–H and O–H groups in total. The van der Waals surface area contributed by atoms with Crippen molar-refractivity contribution in [3.05, 3.63) is 83.9 Å². The van der Waals surface area contributed by atoms with Gasteiger partial charge >= 0.3 is 0 Å². The quantitative estimate of drug-likeness (QED) is 0.539. The van der Waals surface area contributed by atoms with Gasteiger partial charge in [0.1, 0.15) is 5.75 Å². The van der Waals surface area contributed by atoms with Crippen molar-refractivity contribution in [3.8, 4) is 17.2 Å². The van der Waals surface area contributed by atoms with Gasteiger partial charge in [0.25, 0.3) is 0 Å². The molecule has 1 fully saturated rings. The van der Waals surface area contributed by atoms with Crippen molar-refractivity contribution in [2.45, 2.75) is 12.5 Å². The van der Waals surface area contributed by atoms with Crippen LogP contribution in [-0.2, 0) is 11.2 Å². The van der Waals surface area contributed by atoms with Gasteiger partial charge in [-0.25, -0.2) is 0 Å². The van der Waals surface area contributed by atoms with Crippen LogP contribution in [0.4, 0.5) is 5.69 Å². The van der Waals surface area contributed by atoms with Crippen LogP contribution in [0.15, 0.2) is 72.8 Å². The molecule has 35 heavy (non-hydrogen) atoms. The van der Waals surface area contributed by atoms with Crippen LogP contribution < -0.4 is 24.4 Å². The first-order valence-electron chi connectivity index (χ1n) is 12.0. The van der Waals surface area contributed by atoms with Crippen LogP contribution in [0.5, 0.6) is 17.2 Å². The number of nitrogens with zero attached hydrogens (tertiary/aromatic N) is 2. The molecule has 2 heterocycles. The van der Waals surface area contributed by atoms with Crippen LogP contribution in [0.25, 0.3) is 0 Å². The molecule has 3 aromatic carbocycles. The summed E-state index contributed by atoms with van der Waals surface area (Å²) in [4.78, 5) is 17.7. The van der Waals surface area contributed by atoms with E-state index in [0.717, 1.165) is 54.6 Å². The predicted octanol–water partition coefficient (Wildman–Crippen LogP) is 3.65. The summed E-state index contributed by atoms with van der Waals surface area (Å²) in [5.41, 5.74) is 3.33. The number of amides is 1. The van der Waals surface area contributed by atoms with Crippen LogP contribution in [0.1, 0.15) is 17.2 Å². The van der Waals surface area contributed by atoms with E-state index in [4.69, 9.17) is 14.2 Å². The summed E-state index contributed by atoms with van der Waals surface area (Å²) in [5, 5.41) is 3.17. The number of hydrogen-bond acceptors (Lipinski definition) is 6. The first-order valence-corrected chi connectivity index (χ1v) is 12.0. The number of carbonyl (C=O) groups excluding carboxylic acids is 1. The first-order chi connectivity index (χ1) is 17.2. The summed E-state index contributed by atoms with van der Waals surface area (Å²) in [7, 11) is 1.64. The van der Waals surface area contributed by atoms with E-state index in [1.54, 1.807) is 7.11 Å². The molecule has 0 spiro atoms. The topological polar surface area (TPSA) is 63.3 Å². The van der Waals surface area contributed by atoms with Crippen molar-refractivity contribution in [3.63, 3.8) is 0 Å². The zero-order chi connectivity index (χ0) is 24.0. The van der Waals surface area contributed by atoms with E-state index < -0.39 is 0 Å². The van der Waals surface area contributed by atoms with Crippen LogP contribution in [-0.4, -0.2) is 57.4 Å². The van der Waals surface area contributed by atoms with E-state index in [2.05, 4.69) is 45.4 Å². The van der Waals surface area contributed by atoms with Gasteiger partial charge in [0, 0.05) is 38.4 Å². The number of methoxy groups -OCH3 is 1. The second kappa shape index (κ2) is 10.7. The normalized spacial score (nSPS) is 16.1. The molecular weight excluding hydrogens is 442 g/mol. The molecule has 2 aliphatic rings. The van der Waals surface area contributed by atoms with Crippen molar-refractivity contribution < 1.29 is 19.0 Å². The Bertz CT molecular complexity index is 1130. The maximum absolute atomic E-state index is 12.8. The summed E-state index contributed by atoms with van der Waals surface area (Å²) in [5.74, 6) is 2.32. The highest BCUT2D eigenvalue weighted by Gasteiger charge is 2.27. The molecular formula is C28H31N3O4. The first kappa shape index (κ1) is 23.1. The SMILES string of the molecule is COc1ccc(CC(=O)NC[C@@H](c2ccc3c(c2)OCO3)N2CCN(c3ccccc3)CC2)cc1. The molecule has 5 rings (SSSR count). The molecule has 7 heteroatoms. The molecule has 0 bridgehead atoms. The summed E-state index contributed by atoms with van der Waals surface area (Å²) < 4.78 is 16.3. The maximum Gasteiger partial charge on any atom is 0.231 e. The van der Waals surface area contributed by atoms with Gasteiger partial charge in [-0.05, 0) is 47.5 Å². The maximum atomic E-state index is 12.8. The Kier molecular flexibility index (Phi) is 7.04. The molecule has 7 nitrogen and oxygen atoms in total. The number of carbonyl (C=O) groups is 1. The third kappa shape index (κ3) is 5.52. The fourth-order valence-corrected chi connectivity index (χ4v) is 4.71. The fourth-order valence-electron chi connectivity index (χ4n) is 4.71. The summed E-state index contributed by atoms with van der Waals surface area (Å²) in [6.45, 7) is 4.46. The monoisotopic (exact) mass is 473 g/mol. The van der Waals surface area contributed by atoms with Crippen molar-refractivity contribution in [2.24, 2.45) is 0 Å². The van der Waals surface area contributed by atoms with E-state index in [0.29, 0.717) is 13.0 Å². The minimum absolute atomic E-state index is 0.00355. The second-order valence-corrected chi connectivity index (χ2v) is 8.82. The molecule has 1 saturated heterocycles. The van der Waals surface area contributed by atoms with Gasteiger partial charge in [0.2, 0.25) is 12.7 Å². The summed E-state index contributed by atoms with van der Waals surface area (Å²) >= 11 is 0. The molecule has 0 unspecified atom stereocenters. The summed E-state index contributed by atoms with van der Waals surface area (Å²) in [6, 6.07) is 24.3. The minimum atomic E-state index is 0.00355. The lowest BCUT2D eigenvalue weighted by atomic mass is 10.0. The van der Waals surface area contributed by atoms with Crippen molar-refractivity contribution in [2.75, 3.05) is 51.5 Å². The lowest BCUT2D eigenvalue weighted by molar-refractivity contribution is -0.120. The second-order valence-electron chi connectivity index (χ2n) is 8.82. The molecule has 0 aromatic heterocycles. The Morgan fingerprint density at radius 2 is 1.69 bits per heavy atom. The molecule has 0 saturated carbocycles. The molecule has 0 aliphatic carbocycles. The van der Waals surface area contributed by atoms with Crippen LogP contribution >= 0.6 is 0 Å². The third-order valence-corrected chi connectivity index (χ3v) is 6.67. The number of benzene rings is 3. The highest BCUT2D eigenvalue weighted by atomic mass is 16.7. The third-order valence-electron chi connectivity index (χ3n) is 6.67.